The minimum Gasteiger partial charge on any atom is -0.441 e. The zero-order valence-corrected chi connectivity index (χ0v) is 13.2. The summed E-state index contributed by atoms with van der Waals surface area (Å²) in [4.78, 5) is 10.6. The van der Waals surface area contributed by atoms with Crippen molar-refractivity contribution in [3.8, 4) is 11.3 Å². The number of amides is 1. The zero-order chi connectivity index (χ0) is 17.6. The Labute approximate surface area is 143 Å². The van der Waals surface area contributed by atoms with Gasteiger partial charge in [0.15, 0.2) is 12.4 Å². The van der Waals surface area contributed by atoms with Crippen LogP contribution in [-0.2, 0) is 17.9 Å². The quantitative estimate of drug-likeness (QED) is 0.713. The first-order valence-corrected chi connectivity index (χ1v) is 7.57. The number of carbonyl (C=O) groups is 1. The van der Waals surface area contributed by atoms with Crippen molar-refractivity contribution in [1.82, 2.24) is 5.16 Å². The molecule has 1 heterocycles. The first kappa shape index (κ1) is 16.5. The van der Waals surface area contributed by atoms with Gasteiger partial charge in [0.25, 0.3) is 0 Å². The van der Waals surface area contributed by atoms with Gasteiger partial charge < -0.3 is 20.3 Å². The second kappa shape index (κ2) is 7.48. The van der Waals surface area contributed by atoms with E-state index in [1.807, 2.05) is 24.3 Å². The molecule has 25 heavy (non-hydrogen) atoms. The molecule has 7 heteroatoms. The summed E-state index contributed by atoms with van der Waals surface area (Å²) in [6.07, 6.45) is -0.872. The van der Waals surface area contributed by atoms with Crippen LogP contribution in [0.5, 0.6) is 0 Å². The Hall–Kier alpha value is -3.35. The Bertz CT molecular complexity index is 862. The number of benzene rings is 2. The lowest BCUT2D eigenvalue weighted by Crippen LogP contribution is -2.12. The number of aromatic nitrogens is 1. The first-order chi connectivity index (χ1) is 12.1. The van der Waals surface area contributed by atoms with Crippen molar-refractivity contribution < 1.29 is 18.4 Å². The van der Waals surface area contributed by atoms with E-state index in [1.165, 1.54) is 6.07 Å². The smallest absolute Gasteiger partial charge is 0.404 e. The normalized spacial score (nSPS) is 10.4. The lowest BCUT2D eigenvalue weighted by Gasteiger charge is -2.07. The fourth-order valence-electron chi connectivity index (χ4n) is 2.26. The highest BCUT2D eigenvalue weighted by Gasteiger charge is 2.08. The molecule has 0 saturated carbocycles. The average Bonchev–Trinajstić information content (AvgIpc) is 3.09. The second-order valence-electron chi connectivity index (χ2n) is 5.31. The topological polar surface area (TPSA) is 90.4 Å². The summed E-state index contributed by atoms with van der Waals surface area (Å²) in [7, 11) is 0. The average molecular weight is 341 g/mol. The molecule has 0 bridgehead atoms. The summed E-state index contributed by atoms with van der Waals surface area (Å²) in [5.41, 5.74) is 7.81. The van der Waals surface area contributed by atoms with E-state index in [2.05, 4.69) is 15.2 Å². The molecular weight excluding hydrogens is 325 g/mol. The summed E-state index contributed by atoms with van der Waals surface area (Å²) in [6.45, 7) is 0.329. The molecule has 1 aromatic heterocycles. The van der Waals surface area contributed by atoms with Gasteiger partial charge in [0.05, 0.1) is 0 Å². The third kappa shape index (κ3) is 4.35. The van der Waals surface area contributed by atoms with Crippen LogP contribution in [0.3, 0.4) is 0 Å². The van der Waals surface area contributed by atoms with Gasteiger partial charge in [0, 0.05) is 29.4 Å². The predicted molar refractivity (Wildman–Crippen MR) is 90.0 cm³/mol. The van der Waals surface area contributed by atoms with Gasteiger partial charge >= 0.3 is 6.09 Å². The highest BCUT2D eigenvalue weighted by atomic mass is 19.1. The number of hydrogen-bond acceptors (Lipinski definition) is 5. The number of nitrogens with one attached hydrogen (secondary N) is 1. The van der Waals surface area contributed by atoms with Crippen LogP contribution in [-0.4, -0.2) is 11.2 Å². The van der Waals surface area contributed by atoms with Crippen LogP contribution < -0.4 is 11.1 Å². The molecule has 0 radical (unpaired) electrons. The number of nitrogens with zero attached hydrogens (tertiary/aromatic N) is 1. The number of hydrogen-bond donors (Lipinski definition) is 2. The molecule has 6 nitrogen and oxygen atoms in total. The van der Waals surface area contributed by atoms with E-state index >= 15 is 0 Å². The number of anilines is 1. The molecule has 0 aliphatic heterocycles. The highest BCUT2D eigenvalue weighted by molar-refractivity contribution is 5.65. The molecule has 0 unspecified atom stereocenters. The predicted octanol–water partition coefficient (Wildman–Crippen LogP) is 3.69. The third-order valence-electron chi connectivity index (χ3n) is 3.54. The van der Waals surface area contributed by atoms with Crippen LogP contribution in [0.25, 0.3) is 11.3 Å². The summed E-state index contributed by atoms with van der Waals surface area (Å²) in [5, 5.41) is 7.09. The standard InChI is InChI=1S/C18H16FN3O3/c19-16-4-2-1-3-13(16)10-21-14-7-5-12(6-8-14)17-9-15(25-22-17)11-24-18(20)23/h1-9,21H,10-11H2,(H2,20,23). The van der Waals surface area contributed by atoms with Crippen LogP contribution in [0.2, 0.25) is 0 Å². The number of primary amides is 1. The monoisotopic (exact) mass is 341 g/mol. The first-order valence-electron chi connectivity index (χ1n) is 7.57. The van der Waals surface area contributed by atoms with Crippen LogP contribution in [0.4, 0.5) is 14.9 Å². The van der Waals surface area contributed by atoms with Crippen LogP contribution in [0.15, 0.2) is 59.1 Å². The third-order valence-corrected chi connectivity index (χ3v) is 3.54. The second-order valence-corrected chi connectivity index (χ2v) is 5.31. The Kier molecular flexibility index (Phi) is 4.94. The molecule has 0 spiro atoms. The minimum absolute atomic E-state index is 0.0649. The van der Waals surface area contributed by atoms with E-state index in [1.54, 1.807) is 24.3 Å². The molecule has 2 aromatic carbocycles. The molecule has 0 aliphatic carbocycles. The molecule has 0 saturated heterocycles. The maximum absolute atomic E-state index is 13.6. The largest absolute Gasteiger partial charge is 0.441 e. The Morgan fingerprint density at radius 3 is 2.68 bits per heavy atom. The number of rotatable bonds is 6. The Morgan fingerprint density at radius 1 is 1.20 bits per heavy atom. The van der Waals surface area contributed by atoms with E-state index < -0.39 is 6.09 Å². The zero-order valence-electron chi connectivity index (χ0n) is 13.2. The van der Waals surface area contributed by atoms with Gasteiger partial charge in [-0.1, -0.05) is 35.5 Å². The number of carbonyl (C=O) groups excluding carboxylic acids is 1. The summed E-state index contributed by atoms with van der Waals surface area (Å²) in [5.74, 6) is 0.162. The Morgan fingerprint density at radius 2 is 1.96 bits per heavy atom. The van der Waals surface area contributed by atoms with Crippen LogP contribution in [0.1, 0.15) is 11.3 Å². The minimum atomic E-state index is -0.872. The van der Waals surface area contributed by atoms with E-state index in [9.17, 15) is 9.18 Å². The van der Waals surface area contributed by atoms with Gasteiger partial charge in [-0.25, -0.2) is 9.18 Å². The highest BCUT2D eigenvalue weighted by Crippen LogP contribution is 2.22. The van der Waals surface area contributed by atoms with Crippen molar-refractivity contribution in [3.63, 3.8) is 0 Å². The van der Waals surface area contributed by atoms with Gasteiger partial charge in [-0.2, -0.15) is 0 Å². The maximum atomic E-state index is 13.6. The fraction of sp³-hybridized carbons (Fsp3) is 0.111. The van der Waals surface area contributed by atoms with Crippen molar-refractivity contribution in [2.75, 3.05) is 5.32 Å². The van der Waals surface area contributed by atoms with Crippen molar-refractivity contribution in [1.29, 1.82) is 0 Å². The van der Waals surface area contributed by atoms with Crippen LogP contribution in [0, 0.1) is 5.82 Å². The molecule has 3 aromatic rings. The lowest BCUT2D eigenvalue weighted by molar-refractivity contribution is 0.137. The molecule has 3 rings (SSSR count). The van der Waals surface area contributed by atoms with Gasteiger partial charge in [0.2, 0.25) is 0 Å². The van der Waals surface area contributed by atoms with Crippen molar-refractivity contribution >= 4 is 11.8 Å². The van der Waals surface area contributed by atoms with Crippen molar-refractivity contribution in [3.05, 3.63) is 71.7 Å². The summed E-state index contributed by atoms with van der Waals surface area (Å²) in [6, 6.07) is 15.8. The molecule has 0 fully saturated rings. The molecular formula is C18H16FN3O3. The molecule has 1 amide bonds. The molecule has 128 valence electrons. The van der Waals surface area contributed by atoms with Gasteiger partial charge in [-0.05, 0) is 18.2 Å². The summed E-state index contributed by atoms with van der Waals surface area (Å²) < 4.78 is 23.3. The number of nitrogens with two attached hydrogens (primary N) is 1. The van der Waals surface area contributed by atoms with Crippen molar-refractivity contribution in [2.45, 2.75) is 13.2 Å². The SMILES string of the molecule is NC(=O)OCc1cc(-c2ccc(NCc3ccccc3F)cc2)no1. The summed E-state index contributed by atoms with van der Waals surface area (Å²) >= 11 is 0. The van der Waals surface area contributed by atoms with E-state index in [0.717, 1.165) is 11.3 Å². The number of halogens is 1. The van der Waals surface area contributed by atoms with E-state index in [-0.39, 0.29) is 12.4 Å². The molecule has 3 N–H and O–H groups in total. The molecule has 0 atom stereocenters. The maximum Gasteiger partial charge on any atom is 0.404 e. The van der Waals surface area contributed by atoms with E-state index in [0.29, 0.717) is 23.6 Å². The van der Waals surface area contributed by atoms with Crippen LogP contribution >= 0.6 is 0 Å². The number of ether oxygens (including phenoxy) is 1. The van der Waals surface area contributed by atoms with Gasteiger partial charge in [-0.3, -0.25) is 0 Å². The lowest BCUT2D eigenvalue weighted by atomic mass is 10.1. The Balaban J connectivity index is 1.62. The molecule has 0 aliphatic rings. The van der Waals surface area contributed by atoms with Gasteiger partial charge in [0.1, 0.15) is 11.5 Å². The fourth-order valence-corrected chi connectivity index (χ4v) is 2.26. The van der Waals surface area contributed by atoms with Gasteiger partial charge in [-0.15, -0.1) is 0 Å². The van der Waals surface area contributed by atoms with E-state index in [4.69, 9.17) is 10.3 Å². The van der Waals surface area contributed by atoms with Crippen molar-refractivity contribution in [2.24, 2.45) is 5.73 Å².